The summed E-state index contributed by atoms with van der Waals surface area (Å²) in [6, 6.07) is 4.66. The zero-order chi connectivity index (χ0) is 19.7. The van der Waals surface area contributed by atoms with Gasteiger partial charge in [0.05, 0.1) is 18.4 Å². The van der Waals surface area contributed by atoms with Gasteiger partial charge in [0.1, 0.15) is 0 Å². The number of halogens is 3. The molecule has 1 aromatic carbocycles. The number of hydrogen-bond acceptors (Lipinski definition) is 6. The number of alkyl halides is 3. The van der Waals surface area contributed by atoms with E-state index >= 15 is 0 Å². The largest absolute Gasteiger partial charge is 0.416 e. The summed E-state index contributed by atoms with van der Waals surface area (Å²) in [6.45, 7) is 1.65. The molecular formula is C16H19F3N4O3S. The van der Waals surface area contributed by atoms with Gasteiger partial charge in [0.25, 0.3) is 0 Å². The third-order valence-corrected chi connectivity index (χ3v) is 5.00. The average molecular weight is 404 g/mol. The predicted molar refractivity (Wildman–Crippen MR) is 91.0 cm³/mol. The van der Waals surface area contributed by atoms with Gasteiger partial charge in [-0.3, -0.25) is 4.90 Å². The Bertz CT molecular complexity index is 890. The van der Waals surface area contributed by atoms with Gasteiger partial charge in [-0.1, -0.05) is 17.3 Å². The fourth-order valence-electron chi connectivity index (χ4n) is 2.97. The first-order chi connectivity index (χ1) is 12.6. The number of rotatable bonds is 5. The zero-order valence-electron chi connectivity index (χ0n) is 14.5. The molecule has 0 spiro atoms. The lowest BCUT2D eigenvalue weighted by atomic mass is 10.1. The number of hydrogen-bond donors (Lipinski definition) is 1. The second-order valence-corrected chi connectivity index (χ2v) is 8.31. The van der Waals surface area contributed by atoms with Crippen LogP contribution in [-0.4, -0.2) is 48.8 Å². The molecule has 7 nitrogen and oxygen atoms in total. The van der Waals surface area contributed by atoms with Crippen molar-refractivity contribution in [1.82, 2.24) is 19.8 Å². The van der Waals surface area contributed by atoms with Gasteiger partial charge in [-0.05, 0) is 25.0 Å². The van der Waals surface area contributed by atoms with Gasteiger partial charge in [-0.25, -0.2) is 13.1 Å². The predicted octanol–water partition coefficient (Wildman–Crippen LogP) is 2.27. The highest BCUT2D eigenvalue weighted by Gasteiger charge is 2.31. The van der Waals surface area contributed by atoms with Crippen molar-refractivity contribution in [2.45, 2.75) is 31.6 Å². The van der Waals surface area contributed by atoms with Crippen molar-refractivity contribution in [2.24, 2.45) is 0 Å². The van der Waals surface area contributed by atoms with E-state index in [0.717, 1.165) is 18.4 Å². The molecule has 1 aromatic heterocycles. The molecule has 0 bridgehead atoms. The summed E-state index contributed by atoms with van der Waals surface area (Å²) < 4.78 is 68.7. The van der Waals surface area contributed by atoms with Gasteiger partial charge < -0.3 is 4.52 Å². The van der Waals surface area contributed by atoms with E-state index in [-0.39, 0.29) is 17.4 Å². The summed E-state index contributed by atoms with van der Waals surface area (Å²) in [7, 11) is -3.23. The lowest BCUT2D eigenvalue weighted by Crippen LogP contribution is -2.43. The summed E-state index contributed by atoms with van der Waals surface area (Å²) >= 11 is 0. The number of likely N-dealkylation sites (tertiary alicyclic amines) is 1. The lowest BCUT2D eigenvalue weighted by molar-refractivity contribution is -0.137. The first-order valence-electron chi connectivity index (χ1n) is 8.30. The SMILES string of the molecule is CS(=O)(=O)NC1CCN(Cc2nc(-c3cccc(C(F)(F)F)c3)no2)CC1. The topological polar surface area (TPSA) is 88.3 Å². The van der Waals surface area contributed by atoms with E-state index in [9.17, 15) is 21.6 Å². The van der Waals surface area contributed by atoms with Gasteiger partial charge in [0.15, 0.2) is 0 Å². The van der Waals surface area contributed by atoms with Crippen molar-refractivity contribution in [3.05, 3.63) is 35.7 Å². The van der Waals surface area contributed by atoms with E-state index in [0.29, 0.717) is 38.4 Å². The van der Waals surface area contributed by atoms with Gasteiger partial charge >= 0.3 is 6.18 Å². The Morgan fingerprint density at radius 3 is 2.63 bits per heavy atom. The molecule has 27 heavy (non-hydrogen) atoms. The molecule has 0 radical (unpaired) electrons. The zero-order valence-corrected chi connectivity index (χ0v) is 15.3. The van der Waals surface area contributed by atoms with Gasteiger partial charge in [0.2, 0.25) is 21.7 Å². The maximum atomic E-state index is 12.8. The van der Waals surface area contributed by atoms with Crippen molar-refractivity contribution in [1.29, 1.82) is 0 Å². The number of aromatic nitrogens is 2. The highest BCUT2D eigenvalue weighted by molar-refractivity contribution is 7.88. The molecule has 1 aliphatic rings. The molecule has 0 unspecified atom stereocenters. The summed E-state index contributed by atoms with van der Waals surface area (Å²) in [5.41, 5.74) is -0.539. The Kier molecular flexibility index (Phi) is 5.54. The van der Waals surface area contributed by atoms with Crippen LogP contribution in [0.1, 0.15) is 24.3 Å². The summed E-state index contributed by atoms with van der Waals surface area (Å²) in [5, 5.41) is 3.77. The van der Waals surface area contributed by atoms with Crippen LogP contribution in [0.2, 0.25) is 0 Å². The van der Waals surface area contributed by atoms with E-state index in [4.69, 9.17) is 4.52 Å². The Hall–Kier alpha value is -1.98. The molecule has 2 aromatic rings. The Morgan fingerprint density at radius 1 is 1.30 bits per heavy atom. The second-order valence-electron chi connectivity index (χ2n) is 6.53. The summed E-state index contributed by atoms with van der Waals surface area (Å²) in [6.07, 6.45) is -2.00. The average Bonchev–Trinajstić information content (AvgIpc) is 3.03. The number of piperidine rings is 1. The maximum absolute atomic E-state index is 12.8. The van der Waals surface area contributed by atoms with Crippen LogP contribution >= 0.6 is 0 Å². The Balaban J connectivity index is 1.61. The fraction of sp³-hybridized carbons (Fsp3) is 0.500. The van der Waals surface area contributed by atoms with E-state index in [1.54, 1.807) is 0 Å². The van der Waals surface area contributed by atoms with E-state index in [2.05, 4.69) is 14.9 Å². The van der Waals surface area contributed by atoms with Crippen LogP contribution < -0.4 is 4.72 Å². The molecule has 1 saturated heterocycles. The van der Waals surface area contributed by atoms with Crippen molar-refractivity contribution in [3.63, 3.8) is 0 Å². The van der Waals surface area contributed by atoms with Crippen LogP contribution in [0.4, 0.5) is 13.2 Å². The van der Waals surface area contributed by atoms with Crippen LogP contribution in [0.5, 0.6) is 0 Å². The molecule has 148 valence electrons. The minimum Gasteiger partial charge on any atom is -0.338 e. The van der Waals surface area contributed by atoms with E-state index in [1.807, 2.05) is 4.90 Å². The highest BCUT2D eigenvalue weighted by atomic mass is 32.2. The molecular weight excluding hydrogens is 385 g/mol. The molecule has 1 N–H and O–H groups in total. The van der Waals surface area contributed by atoms with Crippen LogP contribution in [-0.2, 0) is 22.7 Å². The van der Waals surface area contributed by atoms with Crippen molar-refractivity contribution in [3.8, 4) is 11.4 Å². The normalized spacial score (nSPS) is 17.3. The Labute approximate surface area is 154 Å². The molecule has 2 heterocycles. The van der Waals surface area contributed by atoms with Gasteiger partial charge in [-0.15, -0.1) is 0 Å². The van der Waals surface area contributed by atoms with E-state index < -0.39 is 21.8 Å². The Morgan fingerprint density at radius 2 is 2.00 bits per heavy atom. The first-order valence-corrected chi connectivity index (χ1v) is 10.2. The van der Waals surface area contributed by atoms with E-state index in [1.165, 1.54) is 12.1 Å². The summed E-state index contributed by atoms with van der Waals surface area (Å²) in [4.78, 5) is 6.21. The molecule has 0 saturated carbocycles. The first kappa shape index (κ1) is 19.8. The maximum Gasteiger partial charge on any atom is 0.416 e. The molecule has 11 heteroatoms. The third kappa shape index (κ3) is 5.50. The molecule has 1 fully saturated rings. The minimum absolute atomic E-state index is 0.0976. The van der Waals surface area contributed by atoms with Crippen LogP contribution in [0.15, 0.2) is 28.8 Å². The monoisotopic (exact) mass is 404 g/mol. The number of nitrogens with one attached hydrogen (secondary N) is 1. The smallest absolute Gasteiger partial charge is 0.338 e. The minimum atomic E-state index is -4.44. The van der Waals surface area contributed by atoms with Crippen LogP contribution in [0.3, 0.4) is 0 Å². The van der Waals surface area contributed by atoms with Crippen molar-refractivity contribution < 1.29 is 26.1 Å². The molecule has 0 amide bonds. The number of nitrogens with zero attached hydrogens (tertiary/aromatic N) is 3. The standard InChI is InChI=1S/C16H19F3N4O3S/c1-27(24,25)22-13-5-7-23(8-6-13)10-14-20-15(21-26-14)11-3-2-4-12(9-11)16(17,18)19/h2-4,9,13,22H,5-8,10H2,1H3. The lowest BCUT2D eigenvalue weighted by Gasteiger charge is -2.30. The van der Waals surface area contributed by atoms with Crippen LogP contribution in [0.25, 0.3) is 11.4 Å². The molecule has 1 aliphatic heterocycles. The third-order valence-electron chi connectivity index (χ3n) is 4.24. The quantitative estimate of drug-likeness (QED) is 0.823. The molecule has 3 rings (SSSR count). The number of benzene rings is 1. The number of sulfonamides is 1. The second kappa shape index (κ2) is 7.56. The van der Waals surface area contributed by atoms with Gasteiger partial charge in [-0.2, -0.15) is 18.2 Å². The molecule has 0 atom stereocenters. The van der Waals surface area contributed by atoms with Crippen molar-refractivity contribution in [2.75, 3.05) is 19.3 Å². The summed E-state index contributed by atoms with van der Waals surface area (Å²) in [5.74, 6) is 0.404. The van der Waals surface area contributed by atoms with Crippen LogP contribution in [0, 0.1) is 0 Å². The molecule has 0 aliphatic carbocycles. The highest BCUT2D eigenvalue weighted by Crippen LogP contribution is 2.31. The van der Waals surface area contributed by atoms with Gasteiger partial charge in [0, 0.05) is 24.7 Å². The van der Waals surface area contributed by atoms with Crippen molar-refractivity contribution >= 4 is 10.0 Å². The fourth-order valence-corrected chi connectivity index (χ4v) is 3.82.